The number of H-pyrrole nitrogens is 1. The van der Waals surface area contributed by atoms with E-state index in [1.54, 1.807) is 12.1 Å². The first-order valence-electron chi connectivity index (χ1n) is 11.5. The molecule has 0 saturated heterocycles. The van der Waals surface area contributed by atoms with Crippen molar-refractivity contribution < 1.29 is 14.3 Å². The third-order valence-corrected chi connectivity index (χ3v) is 8.92. The second kappa shape index (κ2) is 11.3. The van der Waals surface area contributed by atoms with Crippen molar-refractivity contribution in [3.63, 3.8) is 0 Å². The van der Waals surface area contributed by atoms with Gasteiger partial charge in [-0.15, -0.1) is 0 Å². The van der Waals surface area contributed by atoms with Gasteiger partial charge in [0.2, 0.25) is 0 Å². The van der Waals surface area contributed by atoms with Crippen LogP contribution >= 0.6 is 31.9 Å². The molecule has 2 aromatic heterocycles. The minimum Gasteiger partial charge on any atom is -0.366 e. The Morgan fingerprint density at radius 3 is 2.11 bits per heavy atom. The standard InChI is InChI=1S/C16H23BrN2O2Si.C10H9BrN2O/c1-11-9-13-14(17)6-5-12(16(18)20)15(13)19(11)10-21-7-8-22(2,3)4;1-5-4-7-8(11)3-2-6(10(12)14)9(7)13-5/h5-6,9H,7-8,10H2,1-4H3,(H2,18,20);2-4,13H,1H3,(H2,12,14). The van der Waals surface area contributed by atoms with E-state index < -0.39 is 19.9 Å². The third-order valence-electron chi connectivity index (χ3n) is 5.84. The fraction of sp³-hybridized carbons (Fsp3) is 0.308. The lowest BCUT2D eigenvalue weighted by molar-refractivity contribution is 0.0887. The molecule has 192 valence electrons. The number of aromatic amines is 1. The van der Waals surface area contributed by atoms with E-state index in [0.717, 1.165) is 54.8 Å². The number of aromatic nitrogens is 2. The number of nitrogens with two attached hydrogens (primary N) is 2. The highest BCUT2D eigenvalue weighted by Crippen LogP contribution is 2.30. The van der Waals surface area contributed by atoms with Crippen molar-refractivity contribution in [3.05, 3.63) is 67.9 Å². The molecule has 4 aromatic rings. The second-order valence-corrected chi connectivity index (χ2v) is 17.3. The van der Waals surface area contributed by atoms with Crippen LogP contribution in [0.3, 0.4) is 0 Å². The molecule has 0 radical (unpaired) electrons. The molecule has 0 aliphatic carbocycles. The lowest BCUT2D eigenvalue weighted by Crippen LogP contribution is -2.22. The number of carbonyl (C=O) groups is 2. The lowest BCUT2D eigenvalue weighted by Gasteiger charge is -2.16. The molecule has 5 N–H and O–H groups in total. The molecule has 0 fully saturated rings. The lowest BCUT2D eigenvalue weighted by atomic mass is 10.1. The zero-order valence-electron chi connectivity index (χ0n) is 21.2. The first-order valence-corrected chi connectivity index (χ1v) is 16.8. The van der Waals surface area contributed by atoms with Crippen LogP contribution in [0.1, 0.15) is 32.1 Å². The molecular formula is C26H32Br2N4O3Si. The number of aryl methyl sites for hydroxylation is 2. The van der Waals surface area contributed by atoms with Gasteiger partial charge in [0.25, 0.3) is 11.8 Å². The van der Waals surface area contributed by atoms with Crippen molar-refractivity contribution in [1.82, 2.24) is 9.55 Å². The van der Waals surface area contributed by atoms with Crippen LogP contribution in [0, 0.1) is 13.8 Å². The number of nitrogens with zero attached hydrogens (tertiary/aromatic N) is 1. The number of benzene rings is 2. The summed E-state index contributed by atoms with van der Waals surface area (Å²) >= 11 is 6.96. The van der Waals surface area contributed by atoms with E-state index in [4.69, 9.17) is 16.2 Å². The maximum atomic E-state index is 11.7. The molecule has 0 unspecified atom stereocenters. The Kier molecular flexibility index (Phi) is 8.87. The summed E-state index contributed by atoms with van der Waals surface area (Å²) in [6.45, 7) is 12.1. The monoisotopic (exact) mass is 634 g/mol. The SMILES string of the molecule is Cc1cc2c(Br)ccc(C(N)=O)c2[nH]1.Cc1cc2c(Br)ccc(C(N)=O)c2n1COCC[Si](C)(C)C. The zero-order valence-corrected chi connectivity index (χ0v) is 25.3. The van der Waals surface area contributed by atoms with E-state index in [1.165, 1.54) is 0 Å². The van der Waals surface area contributed by atoms with Crippen molar-refractivity contribution in [3.8, 4) is 0 Å². The summed E-state index contributed by atoms with van der Waals surface area (Å²) in [5.41, 5.74) is 15.5. The number of rotatable bonds is 7. The predicted octanol–water partition coefficient (Wildman–Crippen LogP) is 6.46. The summed E-state index contributed by atoms with van der Waals surface area (Å²) in [7, 11) is -1.10. The van der Waals surface area contributed by atoms with Gasteiger partial charge in [-0.25, -0.2) is 0 Å². The van der Waals surface area contributed by atoms with Crippen molar-refractivity contribution in [2.45, 2.75) is 46.3 Å². The quantitative estimate of drug-likeness (QED) is 0.160. The third kappa shape index (κ3) is 6.47. The van der Waals surface area contributed by atoms with Gasteiger partial charge in [0.15, 0.2) is 0 Å². The van der Waals surface area contributed by atoms with Gasteiger partial charge in [-0.1, -0.05) is 51.5 Å². The molecule has 0 aliphatic heterocycles. The van der Waals surface area contributed by atoms with E-state index in [-0.39, 0.29) is 0 Å². The first-order chi connectivity index (χ1) is 16.8. The molecule has 0 spiro atoms. The van der Waals surface area contributed by atoms with Crippen molar-refractivity contribution in [1.29, 1.82) is 0 Å². The van der Waals surface area contributed by atoms with Crippen LogP contribution < -0.4 is 11.5 Å². The Labute approximate surface area is 228 Å². The van der Waals surface area contributed by atoms with Gasteiger partial charge >= 0.3 is 0 Å². The highest BCUT2D eigenvalue weighted by Gasteiger charge is 2.17. The number of carbonyl (C=O) groups excluding carboxylic acids is 2. The molecular weight excluding hydrogens is 604 g/mol. The topological polar surface area (TPSA) is 116 Å². The molecule has 2 heterocycles. The minimum atomic E-state index is -1.10. The van der Waals surface area contributed by atoms with Crippen LogP contribution in [-0.4, -0.2) is 36.0 Å². The first kappa shape index (κ1) is 28.2. The Hall–Kier alpha value is -2.40. The molecule has 0 atom stereocenters. The Bertz CT molecular complexity index is 1440. The van der Waals surface area contributed by atoms with Gasteiger partial charge in [0, 0.05) is 45.8 Å². The van der Waals surface area contributed by atoms with Crippen LogP contribution in [0.2, 0.25) is 25.7 Å². The molecule has 10 heteroatoms. The average Bonchev–Trinajstić information content (AvgIpc) is 3.32. The van der Waals surface area contributed by atoms with E-state index in [0.29, 0.717) is 17.9 Å². The number of amides is 2. The normalized spacial score (nSPS) is 11.5. The van der Waals surface area contributed by atoms with Crippen LogP contribution in [0.15, 0.2) is 45.3 Å². The van der Waals surface area contributed by atoms with Gasteiger partial charge in [0.05, 0.1) is 22.2 Å². The van der Waals surface area contributed by atoms with Crippen LogP contribution in [-0.2, 0) is 11.5 Å². The molecule has 2 aromatic carbocycles. The van der Waals surface area contributed by atoms with Crippen molar-refractivity contribution in [2.75, 3.05) is 6.61 Å². The van der Waals surface area contributed by atoms with Gasteiger partial charge in [-0.05, 0) is 56.3 Å². The van der Waals surface area contributed by atoms with Crippen LogP contribution in [0.4, 0.5) is 0 Å². The largest absolute Gasteiger partial charge is 0.366 e. The summed E-state index contributed by atoms with van der Waals surface area (Å²) < 4.78 is 9.78. The maximum absolute atomic E-state index is 11.7. The average molecular weight is 636 g/mol. The highest BCUT2D eigenvalue weighted by molar-refractivity contribution is 9.11. The number of hydrogen-bond donors (Lipinski definition) is 3. The maximum Gasteiger partial charge on any atom is 0.250 e. The molecule has 0 saturated carbocycles. The van der Waals surface area contributed by atoms with E-state index in [1.807, 2.05) is 42.7 Å². The molecule has 7 nitrogen and oxygen atoms in total. The van der Waals surface area contributed by atoms with Crippen LogP contribution in [0.25, 0.3) is 21.8 Å². The minimum absolute atomic E-state index is 0.413. The van der Waals surface area contributed by atoms with Crippen LogP contribution in [0.5, 0.6) is 0 Å². The molecule has 2 amide bonds. The summed E-state index contributed by atoms with van der Waals surface area (Å²) in [6.07, 6.45) is 0. The zero-order chi connectivity index (χ0) is 26.8. The summed E-state index contributed by atoms with van der Waals surface area (Å²) in [5, 5.41) is 1.97. The Morgan fingerprint density at radius 2 is 1.53 bits per heavy atom. The molecule has 36 heavy (non-hydrogen) atoms. The predicted molar refractivity (Wildman–Crippen MR) is 156 cm³/mol. The van der Waals surface area contributed by atoms with E-state index >= 15 is 0 Å². The molecule has 4 rings (SSSR count). The van der Waals surface area contributed by atoms with Crippen molar-refractivity contribution in [2.24, 2.45) is 11.5 Å². The van der Waals surface area contributed by atoms with Crippen molar-refractivity contribution >= 4 is 73.6 Å². The van der Waals surface area contributed by atoms with E-state index in [9.17, 15) is 9.59 Å². The fourth-order valence-electron chi connectivity index (χ4n) is 3.90. The number of ether oxygens (including phenoxy) is 1. The summed E-state index contributed by atoms with van der Waals surface area (Å²) in [4.78, 5) is 25.9. The number of nitrogens with one attached hydrogen (secondary N) is 1. The number of primary amides is 2. The smallest absolute Gasteiger partial charge is 0.250 e. The number of halogens is 2. The summed E-state index contributed by atoms with van der Waals surface area (Å²) in [6, 6.07) is 12.3. The Morgan fingerprint density at radius 1 is 0.944 bits per heavy atom. The van der Waals surface area contributed by atoms with Gasteiger partial charge in [-0.3, -0.25) is 9.59 Å². The van der Waals surface area contributed by atoms with Gasteiger partial charge in [-0.2, -0.15) is 0 Å². The van der Waals surface area contributed by atoms with Gasteiger partial charge in [0.1, 0.15) is 6.73 Å². The van der Waals surface area contributed by atoms with E-state index in [2.05, 4.69) is 56.5 Å². The van der Waals surface area contributed by atoms with Gasteiger partial charge < -0.3 is 25.8 Å². The second-order valence-electron chi connectivity index (χ2n) is 9.98. The molecule has 0 bridgehead atoms. The molecule has 0 aliphatic rings. The Balaban J connectivity index is 0.000000221. The fourth-order valence-corrected chi connectivity index (χ4v) is 5.54. The number of hydrogen-bond acceptors (Lipinski definition) is 3. The highest BCUT2D eigenvalue weighted by atomic mass is 79.9. The number of fused-ring (bicyclic) bond motifs is 2. The summed E-state index contributed by atoms with van der Waals surface area (Å²) in [5.74, 6) is -0.830.